The number of likely N-dealkylation sites (N-methyl/N-ethyl adjacent to an activating group) is 1. The van der Waals surface area contributed by atoms with Gasteiger partial charge in [-0.1, -0.05) is 6.08 Å². The molecule has 2 N–H and O–H groups in total. The van der Waals surface area contributed by atoms with Crippen molar-refractivity contribution in [2.45, 2.75) is 6.42 Å². The third-order valence-corrected chi connectivity index (χ3v) is 1.68. The monoisotopic (exact) mass is 126 g/mol. The van der Waals surface area contributed by atoms with Crippen LogP contribution in [0.1, 0.15) is 6.42 Å². The van der Waals surface area contributed by atoms with E-state index in [-0.39, 0.29) is 0 Å². The van der Waals surface area contributed by atoms with Gasteiger partial charge in [-0.25, -0.2) is 0 Å². The van der Waals surface area contributed by atoms with Crippen LogP contribution in [0, 0.1) is 0 Å². The number of nitrogens with two attached hydrogens (primary N) is 1. The Kier molecular flexibility index (Phi) is 2.25. The highest BCUT2D eigenvalue weighted by molar-refractivity contribution is 5.08. The topological polar surface area (TPSA) is 29.3 Å². The highest BCUT2D eigenvalue weighted by atomic mass is 15.1. The first kappa shape index (κ1) is 6.78. The van der Waals surface area contributed by atoms with Crippen LogP contribution in [0.2, 0.25) is 0 Å². The fraction of sp³-hybridized carbons (Fsp3) is 0.714. The molecule has 0 saturated carbocycles. The molecule has 52 valence electrons. The third kappa shape index (κ3) is 1.80. The van der Waals surface area contributed by atoms with Crippen LogP contribution in [-0.4, -0.2) is 31.6 Å². The SMILES string of the molecule is CN1CCC=C(CN)C1. The van der Waals surface area contributed by atoms with Gasteiger partial charge < -0.3 is 10.6 Å². The third-order valence-electron chi connectivity index (χ3n) is 1.68. The van der Waals surface area contributed by atoms with E-state index >= 15 is 0 Å². The first-order valence-corrected chi connectivity index (χ1v) is 3.39. The number of hydrogen-bond acceptors (Lipinski definition) is 2. The molecule has 2 nitrogen and oxygen atoms in total. The van der Waals surface area contributed by atoms with E-state index in [0.29, 0.717) is 0 Å². The molecule has 0 aromatic carbocycles. The van der Waals surface area contributed by atoms with Crippen LogP contribution >= 0.6 is 0 Å². The van der Waals surface area contributed by atoms with Gasteiger partial charge in [-0.15, -0.1) is 0 Å². The van der Waals surface area contributed by atoms with Crippen LogP contribution in [-0.2, 0) is 0 Å². The van der Waals surface area contributed by atoms with E-state index in [1.165, 1.54) is 18.5 Å². The van der Waals surface area contributed by atoms with Crippen molar-refractivity contribution < 1.29 is 0 Å². The van der Waals surface area contributed by atoms with Gasteiger partial charge in [0.15, 0.2) is 0 Å². The summed E-state index contributed by atoms with van der Waals surface area (Å²) in [5, 5.41) is 0. The minimum Gasteiger partial charge on any atom is -0.327 e. The standard InChI is InChI=1S/C7H14N2/c1-9-4-2-3-7(5-8)6-9/h3H,2,4-6,8H2,1H3. The Morgan fingerprint density at radius 3 is 3.00 bits per heavy atom. The van der Waals surface area contributed by atoms with E-state index in [2.05, 4.69) is 18.0 Å². The molecule has 2 heteroatoms. The summed E-state index contributed by atoms with van der Waals surface area (Å²) in [4.78, 5) is 2.29. The number of rotatable bonds is 1. The maximum Gasteiger partial charge on any atom is 0.0202 e. The highest BCUT2D eigenvalue weighted by Crippen LogP contribution is 2.04. The second kappa shape index (κ2) is 2.99. The van der Waals surface area contributed by atoms with Gasteiger partial charge in [0, 0.05) is 19.6 Å². The molecule has 0 amide bonds. The molecule has 9 heavy (non-hydrogen) atoms. The largest absolute Gasteiger partial charge is 0.327 e. The maximum atomic E-state index is 5.47. The molecule has 1 heterocycles. The second-order valence-corrected chi connectivity index (χ2v) is 2.59. The van der Waals surface area contributed by atoms with Gasteiger partial charge in [-0.2, -0.15) is 0 Å². The van der Waals surface area contributed by atoms with Gasteiger partial charge in [0.1, 0.15) is 0 Å². The fourth-order valence-electron chi connectivity index (χ4n) is 1.13. The molecule has 0 saturated heterocycles. The quantitative estimate of drug-likeness (QED) is 0.509. The van der Waals surface area contributed by atoms with Crippen LogP contribution in [0.25, 0.3) is 0 Å². The summed E-state index contributed by atoms with van der Waals surface area (Å²) in [5.74, 6) is 0. The van der Waals surface area contributed by atoms with E-state index < -0.39 is 0 Å². The average Bonchev–Trinajstić information content (AvgIpc) is 1.88. The number of nitrogens with zero attached hydrogens (tertiary/aromatic N) is 1. The lowest BCUT2D eigenvalue weighted by molar-refractivity contribution is 0.353. The zero-order valence-corrected chi connectivity index (χ0v) is 5.93. The normalized spacial score (nSPS) is 21.8. The van der Waals surface area contributed by atoms with E-state index in [1.54, 1.807) is 0 Å². The average molecular weight is 126 g/mol. The minimum atomic E-state index is 0.727. The second-order valence-electron chi connectivity index (χ2n) is 2.59. The van der Waals surface area contributed by atoms with E-state index in [0.717, 1.165) is 13.1 Å². The Bertz CT molecular complexity index is 118. The van der Waals surface area contributed by atoms with Crippen LogP contribution < -0.4 is 5.73 Å². The molecule has 0 aromatic heterocycles. The zero-order valence-electron chi connectivity index (χ0n) is 5.93. The Morgan fingerprint density at radius 1 is 1.78 bits per heavy atom. The van der Waals surface area contributed by atoms with E-state index in [4.69, 9.17) is 5.73 Å². The molecule has 0 unspecified atom stereocenters. The summed E-state index contributed by atoms with van der Waals surface area (Å²) < 4.78 is 0. The summed E-state index contributed by atoms with van der Waals surface area (Å²) in [7, 11) is 2.13. The molecule has 0 fully saturated rings. The predicted molar refractivity (Wildman–Crippen MR) is 39.3 cm³/mol. The van der Waals surface area contributed by atoms with Crippen LogP contribution in [0.15, 0.2) is 11.6 Å². The summed E-state index contributed by atoms with van der Waals surface area (Å²) >= 11 is 0. The van der Waals surface area contributed by atoms with Gasteiger partial charge in [-0.3, -0.25) is 0 Å². The fourth-order valence-corrected chi connectivity index (χ4v) is 1.13. The Labute approximate surface area is 56.3 Å². The van der Waals surface area contributed by atoms with Gasteiger partial charge in [-0.05, 0) is 19.0 Å². The van der Waals surface area contributed by atoms with Crippen molar-refractivity contribution in [1.29, 1.82) is 0 Å². The van der Waals surface area contributed by atoms with Gasteiger partial charge in [0.2, 0.25) is 0 Å². The highest BCUT2D eigenvalue weighted by Gasteiger charge is 2.05. The van der Waals surface area contributed by atoms with Crippen LogP contribution in [0.3, 0.4) is 0 Å². The predicted octanol–water partition coefficient (Wildman–Crippen LogP) is 0.207. The molecule has 0 atom stereocenters. The molecule has 0 radical (unpaired) electrons. The molecular formula is C7H14N2. The van der Waals surface area contributed by atoms with Gasteiger partial charge >= 0.3 is 0 Å². The van der Waals surface area contributed by atoms with Crippen molar-refractivity contribution in [3.05, 3.63) is 11.6 Å². The molecule has 1 aliphatic heterocycles. The lowest BCUT2D eigenvalue weighted by Gasteiger charge is -2.21. The molecule has 1 rings (SSSR count). The molecule has 0 spiro atoms. The summed E-state index contributed by atoms with van der Waals surface area (Å²) in [6.07, 6.45) is 3.42. The smallest absolute Gasteiger partial charge is 0.0202 e. The molecule has 1 aliphatic rings. The van der Waals surface area contributed by atoms with Gasteiger partial charge in [0.25, 0.3) is 0 Å². The summed E-state index contributed by atoms with van der Waals surface area (Å²) in [5.41, 5.74) is 6.85. The maximum absolute atomic E-state index is 5.47. The van der Waals surface area contributed by atoms with Gasteiger partial charge in [0.05, 0.1) is 0 Å². The minimum absolute atomic E-state index is 0.727. The molecular weight excluding hydrogens is 112 g/mol. The van der Waals surface area contributed by atoms with Crippen molar-refractivity contribution in [2.24, 2.45) is 5.73 Å². The van der Waals surface area contributed by atoms with Crippen LogP contribution in [0.4, 0.5) is 0 Å². The molecule has 0 aliphatic carbocycles. The number of hydrogen-bond donors (Lipinski definition) is 1. The van der Waals surface area contributed by atoms with Crippen molar-refractivity contribution in [1.82, 2.24) is 4.90 Å². The van der Waals surface area contributed by atoms with Crippen LogP contribution in [0.5, 0.6) is 0 Å². The van der Waals surface area contributed by atoms with E-state index in [1.807, 2.05) is 0 Å². The van der Waals surface area contributed by atoms with Crippen molar-refractivity contribution in [3.8, 4) is 0 Å². The lowest BCUT2D eigenvalue weighted by Crippen LogP contribution is -2.28. The van der Waals surface area contributed by atoms with E-state index in [9.17, 15) is 0 Å². The Morgan fingerprint density at radius 2 is 2.56 bits per heavy atom. The molecule has 0 aromatic rings. The first-order chi connectivity index (χ1) is 4.33. The Hall–Kier alpha value is -0.340. The van der Waals surface area contributed by atoms with Crippen molar-refractivity contribution >= 4 is 0 Å². The lowest BCUT2D eigenvalue weighted by atomic mass is 10.1. The summed E-state index contributed by atoms with van der Waals surface area (Å²) in [6, 6.07) is 0. The zero-order chi connectivity index (χ0) is 6.69. The first-order valence-electron chi connectivity index (χ1n) is 3.39. The molecule has 0 bridgehead atoms. The summed E-state index contributed by atoms with van der Waals surface area (Å²) in [6.45, 7) is 2.98. The van der Waals surface area contributed by atoms with Crippen molar-refractivity contribution in [2.75, 3.05) is 26.7 Å². The van der Waals surface area contributed by atoms with Crippen molar-refractivity contribution in [3.63, 3.8) is 0 Å². The Balaban J connectivity index is 2.43.